The molecule has 166 valence electrons. The first-order chi connectivity index (χ1) is 16.0. The number of halogens is 1. The number of carbonyl (C=O) groups is 2. The Balaban J connectivity index is 1.71. The van der Waals surface area contributed by atoms with Gasteiger partial charge in [0.2, 0.25) is 5.91 Å². The van der Waals surface area contributed by atoms with Crippen LogP contribution in [-0.4, -0.2) is 40.1 Å². The maximum atomic E-state index is 13.5. The number of likely N-dealkylation sites (tertiary alicyclic amines) is 1. The molecule has 1 atom stereocenters. The second kappa shape index (κ2) is 9.84. The number of aromatic nitrogens is 1. The SMILES string of the molecule is N#Cc1c(-c2ccc(F)cc2)cc(-c2ccccc2)nc1SCC(=O)N1CCC[C@@H]1C(=O)[O-]. The van der Waals surface area contributed by atoms with Crippen LogP contribution >= 0.6 is 11.8 Å². The minimum absolute atomic E-state index is 0.0629. The van der Waals surface area contributed by atoms with Gasteiger partial charge in [-0.3, -0.25) is 4.79 Å². The van der Waals surface area contributed by atoms with Gasteiger partial charge in [-0.1, -0.05) is 54.2 Å². The van der Waals surface area contributed by atoms with Gasteiger partial charge in [-0.25, -0.2) is 9.37 Å². The normalized spacial score (nSPS) is 15.3. The number of carbonyl (C=O) groups excluding carboxylic acids is 2. The van der Waals surface area contributed by atoms with Gasteiger partial charge in [0, 0.05) is 17.7 Å². The van der Waals surface area contributed by atoms with Crippen LogP contribution in [0.15, 0.2) is 65.7 Å². The molecule has 2 aromatic carbocycles. The summed E-state index contributed by atoms with van der Waals surface area (Å²) in [5, 5.41) is 21.6. The van der Waals surface area contributed by atoms with Crippen molar-refractivity contribution in [1.82, 2.24) is 9.88 Å². The van der Waals surface area contributed by atoms with Crippen LogP contribution in [0, 0.1) is 17.1 Å². The molecule has 0 saturated carbocycles. The highest BCUT2D eigenvalue weighted by Gasteiger charge is 2.29. The van der Waals surface area contributed by atoms with Crippen molar-refractivity contribution in [2.24, 2.45) is 0 Å². The van der Waals surface area contributed by atoms with E-state index in [1.165, 1.54) is 17.0 Å². The number of carboxylic acids is 1. The van der Waals surface area contributed by atoms with Crippen molar-refractivity contribution >= 4 is 23.6 Å². The smallest absolute Gasteiger partial charge is 0.233 e. The van der Waals surface area contributed by atoms with E-state index in [1.807, 2.05) is 30.3 Å². The molecule has 0 N–H and O–H groups in total. The van der Waals surface area contributed by atoms with Gasteiger partial charge in [0.1, 0.15) is 16.9 Å². The molecule has 6 nitrogen and oxygen atoms in total. The lowest BCUT2D eigenvalue weighted by atomic mass is 9.99. The van der Waals surface area contributed by atoms with E-state index in [-0.39, 0.29) is 23.0 Å². The zero-order valence-electron chi connectivity index (χ0n) is 17.5. The first-order valence-corrected chi connectivity index (χ1v) is 11.4. The summed E-state index contributed by atoms with van der Waals surface area (Å²) in [7, 11) is 0. The molecule has 1 aliphatic rings. The van der Waals surface area contributed by atoms with Gasteiger partial charge in [-0.05, 0) is 36.6 Å². The van der Waals surface area contributed by atoms with Gasteiger partial charge in [0.15, 0.2) is 0 Å². The average molecular weight is 461 g/mol. The predicted octanol–water partition coefficient (Wildman–Crippen LogP) is 3.26. The zero-order chi connectivity index (χ0) is 23.4. The highest BCUT2D eigenvalue weighted by molar-refractivity contribution is 8.00. The van der Waals surface area contributed by atoms with Crippen molar-refractivity contribution < 1.29 is 19.1 Å². The summed E-state index contributed by atoms with van der Waals surface area (Å²) in [5.74, 6) is -2.05. The quantitative estimate of drug-likeness (QED) is 0.524. The fourth-order valence-electron chi connectivity index (χ4n) is 3.87. The Bertz CT molecular complexity index is 1230. The molecule has 0 bridgehead atoms. The zero-order valence-corrected chi connectivity index (χ0v) is 18.3. The van der Waals surface area contributed by atoms with Crippen LogP contribution in [0.4, 0.5) is 4.39 Å². The second-order valence-corrected chi connectivity index (χ2v) is 8.54. The Morgan fingerprint density at radius 2 is 1.88 bits per heavy atom. The van der Waals surface area contributed by atoms with Crippen molar-refractivity contribution in [2.45, 2.75) is 23.9 Å². The van der Waals surface area contributed by atoms with Crippen LogP contribution in [0.3, 0.4) is 0 Å². The number of nitriles is 1. The molecule has 0 radical (unpaired) electrons. The van der Waals surface area contributed by atoms with Crippen LogP contribution in [0.5, 0.6) is 0 Å². The highest BCUT2D eigenvalue weighted by Crippen LogP contribution is 2.34. The summed E-state index contributed by atoms with van der Waals surface area (Å²) < 4.78 is 13.5. The summed E-state index contributed by atoms with van der Waals surface area (Å²) >= 11 is 1.09. The van der Waals surface area contributed by atoms with Crippen molar-refractivity contribution in [3.63, 3.8) is 0 Å². The summed E-state index contributed by atoms with van der Waals surface area (Å²) in [5.41, 5.74) is 2.94. The molecular weight excluding hydrogens is 441 g/mol. The standard InChI is InChI=1S/C25H20FN3O3S/c26-18-10-8-16(9-11-18)19-13-21(17-5-2-1-3-6-17)28-24(20(19)14-27)33-15-23(30)29-12-4-7-22(29)25(31)32/h1-3,5-6,8-11,13,22H,4,7,12,15H2,(H,31,32)/p-1/t22-/m1/s1. The van der Waals surface area contributed by atoms with Crippen molar-refractivity contribution in [2.75, 3.05) is 12.3 Å². The van der Waals surface area contributed by atoms with E-state index in [9.17, 15) is 24.3 Å². The van der Waals surface area contributed by atoms with E-state index in [0.29, 0.717) is 41.2 Å². The molecule has 1 aliphatic heterocycles. The summed E-state index contributed by atoms with van der Waals surface area (Å²) in [6.45, 7) is 0.363. The van der Waals surface area contributed by atoms with Crippen LogP contribution in [0.2, 0.25) is 0 Å². The molecule has 3 aromatic rings. The number of amides is 1. The van der Waals surface area contributed by atoms with E-state index in [4.69, 9.17) is 0 Å². The number of aliphatic carboxylic acids is 1. The third-order valence-corrected chi connectivity index (χ3v) is 6.46. The van der Waals surface area contributed by atoms with Crippen molar-refractivity contribution in [3.05, 3.63) is 72.0 Å². The number of hydrogen-bond acceptors (Lipinski definition) is 6. The number of benzene rings is 2. The predicted molar refractivity (Wildman–Crippen MR) is 120 cm³/mol. The lowest BCUT2D eigenvalue weighted by Crippen LogP contribution is -2.47. The van der Waals surface area contributed by atoms with Crippen LogP contribution < -0.4 is 5.11 Å². The summed E-state index contributed by atoms with van der Waals surface area (Å²) in [6, 6.07) is 18.2. The fourth-order valence-corrected chi connectivity index (χ4v) is 4.76. The van der Waals surface area contributed by atoms with E-state index in [0.717, 1.165) is 17.3 Å². The van der Waals surface area contributed by atoms with Gasteiger partial charge >= 0.3 is 0 Å². The van der Waals surface area contributed by atoms with E-state index < -0.39 is 12.0 Å². The Morgan fingerprint density at radius 1 is 1.15 bits per heavy atom. The number of carboxylic acid groups (broad SMARTS) is 1. The molecule has 0 unspecified atom stereocenters. The van der Waals surface area contributed by atoms with Gasteiger partial charge in [-0.15, -0.1) is 0 Å². The molecule has 2 heterocycles. The monoisotopic (exact) mass is 460 g/mol. The van der Waals surface area contributed by atoms with E-state index in [1.54, 1.807) is 18.2 Å². The van der Waals surface area contributed by atoms with Crippen molar-refractivity contribution in [3.8, 4) is 28.5 Å². The average Bonchev–Trinajstić information content (AvgIpc) is 3.33. The number of thioether (sulfide) groups is 1. The maximum Gasteiger partial charge on any atom is 0.233 e. The molecule has 0 spiro atoms. The Morgan fingerprint density at radius 3 is 2.55 bits per heavy atom. The minimum Gasteiger partial charge on any atom is -0.548 e. The van der Waals surface area contributed by atoms with Gasteiger partial charge in [-0.2, -0.15) is 5.26 Å². The summed E-state index contributed by atoms with van der Waals surface area (Å²) in [4.78, 5) is 30.0. The molecule has 4 rings (SSSR count). The molecule has 1 aromatic heterocycles. The van der Waals surface area contributed by atoms with Crippen LogP contribution in [0.1, 0.15) is 18.4 Å². The molecule has 0 aliphatic carbocycles. The van der Waals surface area contributed by atoms with Gasteiger partial charge < -0.3 is 14.8 Å². The van der Waals surface area contributed by atoms with Gasteiger partial charge in [0.25, 0.3) is 0 Å². The third kappa shape index (κ3) is 4.89. The number of hydrogen-bond donors (Lipinski definition) is 0. The highest BCUT2D eigenvalue weighted by atomic mass is 32.2. The lowest BCUT2D eigenvalue weighted by Gasteiger charge is -2.25. The lowest BCUT2D eigenvalue weighted by molar-refractivity contribution is -0.310. The molecule has 1 fully saturated rings. The van der Waals surface area contributed by atoms with Crippen LogP contribution in [0.25, 0.3) is 22.4 Å². The number of pyridine rings is 1. The summed E-state index contributed by atoms with van der Waals surface area (Å²) in [6.07, 6.45) is 0.980. The fraction of sp³-hybridized carbons (Fsp3) is 0.200. The Kier molecular flexibility index (Phi) is 6.71. The number of nitrogens with zero attached hydrogens (tertiary/aromatic N) is 3. The largest absolute Gasteiger partial charge is 0.548 e. The van der Waals surface area contributed by atoms with Crippen LogP contribution in [-0.2, 0) is 9.59 Å². The molecule has 33 heavy (non-hydrogen) atoms. The Labute approximate surface area is 194 Å². The molecular formula is C25H19FN3O3S-. The molecule has 1 amide bonds. The minimum atomic E-state index is -1.26. The second-order valence-electron chi connectivity index (χ2n) is 7.57. The third-order valence-electron chi connectivity index (χ3n) is 5.50. The molecule has 1 saturated heterocycles. The number of rotatable bonds is 6. The van der Waals surface area contributed by atoms with Gasteiger partial charge in [0.05, 0.1) is 29.0 Å². The van der Waals surface area contributed by atoms with E-state index >= 15 is 0 Å². The molecule has 8 heteroatoms. The topological polar surface area (TPSA) is 97.1 Å². The first kappa shape index (κ1) is 22.5. The first-order valence-electron chi connectivity index (χ1n) is 10.4. The Hall–Kier alpha value is -3.70. The van der Waals surface area contributed by atoms with E-state index in [2.05, 4.69) is 11.1 Å². The van der Waals surface area contributed by atoms with Crippen molar-refractivity contribution in [1.29, 1.82) is 5.26 Å². The maximum absolute atomic E-state index is 13.5.